The van der Waals surface area contributed by atoms with E-state index in [4.69, 9.17) is 4.74 Å². The van der Waals surface area contributed by atoms with Gasteiger partial charge in [-0.25, -0.2) is 9.18 Å². The van der Waals surface area contributed by atoms with Gasteiger partial charge in [0, 0.05) is 19.0 Å². The molecule has 6 nitrogen and oxygen atoms in total. The zero-order valence-electron chi connectivity index (χ0n) is 11.7. The van der Waals surface area contributed by atoms with Crippen LogP contribution < -0.4 is 15.4 Å². The Balaban J connectivity index is 2.14. The molecular weight excluding hydrogens is 279 g/mol. The van der Waals surface area contributed by atoms with Crippen LogP contribution in [0.2, 0.25) is 0 Å². The van der Waals surface area contributed by atoms with E-state index in [1.165, 1.54) is 19.2 Å². The van der Waals surface area contributed by atoms with Gasteiger partial charge in [-0.2, -0.15) is 0 Å². The minimum Gasteiger partial charge on any atom is -0.483 e. The largest absolute Gasteiger partial charge is 0.483 e. The van der Waals surface area contributed by atoms with Crippen molar-refractivity contribution in [2.45, 2.75) is 19.3 Å². The summed E-state index contributed by atoms with van der Waals surface area (Å²) in [5.74, 6) is -1.38. The van der Waals surface area contributed by atoms with Crippen LogP contribution in [0, 0.1) is 5.82 Å². The average molecular weight is 294 g/mol. The summed E-state index contributed by atoms with van der Waals surface area (Å²) in [5.41, 5.74) is 0.513. The highest BCUT2D eigenvalue weighted by atomic mass is 19.1. The van der Waals surface area contributed by atoms with Crippen LogP contribution in [0.15, 0.2) is 12.1 Å². The molecule has 1 atom stereocenters. The first-order valence-electron chi connectivity index (χ1n) is 6.44. The number of nitrogens with one attached hydrogen (secondary N) is 2. The lowest BCUT2D eigenvalue weighted by Crippen LogP contribution is -2.40. The van der Waals surface area contributed by atoms with Crippen molar-refractivity contribution in [3.05, 3.63) is 29.1 Å². The maximum absolute atomic E-state index is 13.8. The number of Topliss-reactive ketones (excluding diaryl/α,β-unsaturated/α-hetero) is 1. The van der Waals surface area contributed by atoms with E-state index in [1.807, 2.05) is 5.32 Å². The van der Waals surface area contributed by atoms with Crippen LogP contribution in [0.3, 0.4) is 0 Å². The third-order valence-electron chi connectivity index (χ3n) is 3.26. The second-order valence-corrected chi connectivity index (χ2v) is 4.78. The van der Waals surface area contributed by atoms with Gasteiger partial charge < -0.3 is 10.1 Å². The van der Waals surface area contributed by atoms with Gasteiger partial charge in [-0.05, 0) is 18.1 Å². The van der Waals surface area contributed by atoms with Gasteiger partial charge in [0.15, 0.2) is 12.4 Å². The lowest BCUT2D eigenvalue weighted by atomic mass is 10.0. The van der Waals surface area contributed by atoms with Crippen LogP contribution in [0.5, 0.6) is 5.75 Å². The van der Waals surface area contributed by atoms with Gasteiger partial charge in [-0.15, -0.1) is 0 Å². The molecule has 21 heavy (non-hydrogen) atoms. The first-order chi connectivity index (χ1) is 9.93. The van der Waals surface area contributed by atoms with Gasteiger partial charge in [-0.1, -0.05) is 6.92 Å². The van der Waals surface area contributed by atoms with Crippen molar-refractivity contribution in [2.75, 3.05) is 13.7 Å². The van der Waals surface area contributed by atoms with E-state index in [2.05, 4.69) is 5.32 Å². The fraction of sp³-hybridized carbons (Fsp3) is 0.357. The molecule has 7 heteroatoms. The summed E-state index contributed by atoms with van der Waals surface area (Å²) >= 11 is 0. The van der Waals surface area contributed by atoms with Crippen molar-refractivity contribution in [3.63, 3.8) is 0 Å². The van der Waals surface area contributed by atoms with Gasteiger partial charge >= 0.3 is 6.03 Å². The summed E-state index contributed by atoms with van der Waals surface area (Å²) in [5, 5.41) is 4.25. The smallest absolute Gasteiger partial charge is 0.321 e. The normalized spacial score (nSPS) is 16.3. The topological polar surface area (TPSA) is 84.5 Å². The van der Waals surface area contributed by atoms with Crippen molar-refractivity contribution >= 4 is 17.7 Å². The predicted molar refractivity (Wildman–Crippen MR) is 71.9 cm³/mol. The molecule has 0 saturated heterocycles. The number of ketones is 1. The summed E-state index contributed by atoms with van der Waals surface area (Å²) in [6.07, 6.45) is 0.219. The van der Waals surface area contributed by atoms with E-state index in [-0.39, 0.29) is 29.4 Å². The zero-order valence-corrected chi connectivity index (χ0v) is 11.7. The van der Waals surface area contributed by atoms with Crippen LogP contribution in [-0.4, -0.2) is 31.4 Å². The monoisotopic (exact) mass is 294 g/mol. The predicted octanol–water partition coefficient (Wildman–Crippen LogP) is 1.35. The number of carbonyl (C=O) groups excluding carboxylic acids is 3. The molecule has 0 aliphatic heterocycles. The Kier molecular flexibility index (Phi) is 4.21. The molecule has 2 rings (SSSR count). The first-order valence-corrected chi connectivity index (χ1v) is 6.44. The Bertz CT molecular complexity index is 615. The standard InChI is InChI=1S/C14H15FN2O4/c1-7-5-9(18)13-10(4-3-8(15)12(7)13)21-6-11(19)17-14(20)16-2/h3-4,7H,5-6H2,1-2H3,(H2,16,17,19,20)/t7-/m0/s1. The van der Waals surface area contributed by atoms with E-state index in [1.54, 1.807) is 6.92 Å². The van der Waals surface area contributed by atoms with Crippen molar-refractivity contribution in [1.29, 1.82) is 0 Å². The van der Waals surface area contributed by atoms with Crippen molar-refractivity contribution in [3.8, 4) is 5.75 Å². The highest BCUT2D eigenvalue weighted by molar-refractivity contribution is 6.04. The van der Waals surface area contributed by atoms with Crippen molar-refractivity contribution in [2.24, 2.45) is 0 Å². The number of amides is 3. The van der Waals surface area contributed by atoms with E-state index in [0.29, 0.717) is 5.56 Å². The Labute approximate surface area is 120 Å². The van der Waals surface area contributed by atoms with Crippen molar-refractivity contribution < 1.29 is 23.5 Å². The van der Waals surface area contributed by atoms with Crippen LogP contribution >= 0.6 is 0 Å². The SMILES string of the molecule is CNC(=O)NC(=O)COc1ccc(F)c2c1C(=O)C[C@@H]2C. The lowest BCUT2D eigenvalue weighted by Gasteiger charge is -2.11. The summed E-state index contributed by atoms with van der Waals surface area (Å²) in [6.45, 7) is 1.32. The fourth-order valence-electron chi connectivity index (χ4n) is 2.31. The number of carbonyl (C=O) groups is 3. The highest BCUT2D eigenvalue weighted by Crippen LogP contribution is 2.39. The fourth-order valence-corrected chi connectivity index (χ4v) is 2.31. The summed E-state index contributed by atoms with van der Waals surface area (Å²) in [4.78, 5) is 34.3. The maximum atomic E-state index is 13.8. The second kappa shape index (κ2) is 5.90. The maximum Gasteiger partial charge on any atom is 0.321 e. The molecular formula is C14H15FN2O4. The van der Waals surface area contributed by atoms with Crippen LogP contribution in [0.1, 0.15) is 35.2 Å². The molecule has 0 saturated carbocycles. The molecule has 1 aromatic carbocycles. The third-order valence-corrected chi connectivity index (χ3v) is 3.26. The molecule has 1 aliphatic carbocycles. The van der Waals surface area contributed by atoms with Gasteiger partial charge in [-0.3, -0.25) is 14.9 Å². The molecule has 0 heterocycles. The number of urea groups is 1. The summed E-state index contributed by atoms with van der Waals surface area (Å²) < 4.78 is 19.0. The number of rotatable bonds is 3. The molecule has 112 valence electrons. The molecule has 0 unspecified atom stereocenters. The van der Waals surface area contributed by atoms with Crippen LogP contribution in [0.25, 0.3) is 0 Å². The Morgan fingerprint density at radius 3 is 2.81 bits per heavy atom. The minimum absolute atomic E-state index is 0.160. The van der Waals surface area contributed by atoms with E-state index in [0.717, 1.165) is 0 Å². The first kappa shape index (κ1) is 15.0. The highest BCUT2D eigenvalue weighted by Gasteiger charge is 2.32. The summed E-state index contributed by atoms with van der Waals surface area (Å²) in [6, 6.07) is 1.87. The summed E-state index contributed by atoms with van der Waals surface area (Å²) in [7, 11) is 1.37. The molecule has 1 aromatic rings. The minimum atomic E-state index is -0.661. The van der Waals surface area contributed by atoms with Crippen LogP contribution in [0.4, 0.5) is 9.18 Å². The molecule has 0 bridgehead atoms. The number of halogens is 1. The van der Waals surface area contributed by atoms with Gasteiger partial charge in [0.25, 0.3) is 5.91 Å². The molecule has 3 amide bonds. The van der Waals surface area contributed by atoms with Crippen LogP contribution in [-0.2, 0) is 4.79 Å². The number of benzene rings is 1. The van der Waals surface area contributed by atoms with E-state index < -0.39 is 24.4 Å². The van der Waals surface area contributed by atoms with Gasteiger partial charge in [0.1, 0.15) is 11.6 Å². The molecule has 0 aromatic heterocycles. The number of hydrogen-bond acceptors (Lipinski definition) is 4. The molecule has 2 N–H and O–H groups in total. The molecule has 0 fully saturated rings. The second-order valence-electron chi connectivity index (χ2n) is 4.78. The molecule has 0 spiro atoms. The third kappa shape index (κ3) is 3.01. The van der Waals surface area contributed by atoms with Gasteiger partial charge in [0.2, 0.25) is 0 Å². The number of hydrogen-bond donors (Lipinski definition) is 2. The zero-order chi connectivity index (χ0) is 15.6. The average Bonchev–Trinajstić information content (AvgIpc) is 2.74. The lowest BCUT2D eigenvalue weighted by molar-refractivity contribution is -0.122. The Morgan fingerprint density at radius 2 is 2.14 bits per heavy atom. The number of ether oxygens (including phenoxy) is 1. The molecule has 0 radical (unpaired) electrons. The quantitative estimate of drug-likeness (QED) is 0.881. The van der Waals surface area contributed by atoms with E-state index in [9.17, 15) is 18.8 Å². The van der Waals surface area contributed by atoms with E-state index >= 15 is 0 Å². The number of imide groups is 1. The van der Waals surface area contributed by atoms with Gasteiger partial charge in [0.05, 0.1) is 5.56 Å². The van der Waals surface area contributed by atoms with Crippen molar-refractivity contribution in [1.82, 2.24) is 10.6 Å². The number of fused-ring (bicyclic) bond motifs is 1. The Hall–Kier alpha value is -2.44. The Morgan fingerprint density at radius 1 is 1.43 bits per heavy atom. The molecule has 1 aliphatic rings.